The van der Waals surface area contributed by atoms with Crippen LogP contribution in [0.4, 0.5) is 4.39 Å². The number of carbonyl (C=O) groups is 1. The fraction of sp³-hybridized carbons (Fsp3) is 0.632. The summed E-state index contributed by atoms with van der Waals surface area (Å²) < 4.78 is 13.1. The van der Waals surface area contributed by atoms with Gasteiger partial charge in [0, 0.05) is 0 Å². The van der Waals surface area contributed by atoms with Crippen molar-refractivity contribution in [2.24, 2.45) is 0 Å². The van der Waals surface area contributed by atoms with Gasteiger partial charge in [-0.05, 0) is 56.5 Å². The molecular weight excluding hydrogens is 307 g/mol. The number of rotatable bonds is 5. The van der Waals surface area contributed by atoms with E-state index in [4.69, 9.17) is 0 Å². The van der Waals surface area contributed by atoms with Crippen molar-refractivity contribution in [3.05, 3.63) is 35.6 Å². The molecule has 1 unspecified atom stereocenters. The smallest absolute Gasteiger partial charge is 0.241 e. The zero-order valence-electron chi connectivity index (χ0n) is 14.1. The van der Waals surface area contributed by atoms with Crippen LogP contribution < -0.4 is 5.32 Å². The number of aliphatic hydroxyl groups is 1. The minimum absolute atomic E-state index is 0.0208. The molecule has 1 aliphatic heterocycles. The molecule has 1 heterocycles. The average molecular weight is 334 g/mol. The predicted molar refractivity (Wildman–Crippen MR) is 91.0 cm³/mol. The van der Waals surface area contributed by atoms with Crippen LogP contribution in [0.3, 0.4) is 0 Å². The van der Waals surface area contributed by atoms with Crippen molar-refractivity contribution >= 4 is 5.91 Å². The molecular formula is C19H27FN2O2. The average Bonchev–Trinajstić information content (AvgIpc) is 3.16. The number of hydrogen-bond donors (Lipinski definition) is 2. The highest BCUT2D eigenvalue weighted by Gasteiger charge is 2.45. The van der Waals surface area contributed by atoms with Gasteiger partial charge in [0.1, 0.15) is 11.4 Å². The molecule has 0 radical (unpaired) electrons. The van der Waals surface area contributed by atoms with Crippen molar-refractivity contribution in [1.82, 2.24) is 10.2 Å². The van der Waals surface area contributed by atoms with E-state index < -0.39 is 11.6 Å². The quantitative estimate of drug-likeness (QED) is 0.871. The van der Waals surface area contributed by atoms with Crippen molar-refractivity contribution in [2.75, 3.05) is 19.7 Å². The third-order valence-electron chi connectivity index (χ3n) is 5.58. The molecule has 3 rings (SSSR count). The summed E-state index contributed by atoms with van der Waals surface area (Å²) in [7, 11) is 0. The highest BCUT2D eigenvalue weighted by molar-refractivity contribution is 5.87. The van der Waals surface area contributed by atoms with Crippen LogP contribution in [0.2, 0.25) is 0 Å². The topological polar surface area (TPSA) is 52.6 Å². The maximum Gasteiger partial charge on any atom is 0.241 e. The lowest BCUT2D eigenvalue weighted by Crippen LogP contribution is -2.59. The van der Waals surface area contributed by atoms with E-state index in [1.54, 1.807) is 12.1 Å². The van der Waals surface area contributed by atoms with Crippen molar-refractivity contribution in [3.8, 4) is 0 Å². The SMILES string of the molecule is O=C(NC(CO)c1ccc(F)cc1)C1(N2CCCC2)CCCCC1. The molecule has 0 bridgehead atoms. The van der Waals surface area contributed by atoms with Crippen LogP contribution in [-0.4, -0.2) is 41.1 Å². The first kappa shape index (κ1) is 17.4. The van der Waals surface area contributed by atoms with Crippen LogP contribution in [0.1, 0.15) is 56.6 Å². The molecule has 0 aromatic heterocycles. The molecule has 1 atom stereocenters. The molecule has 132 valence electrons. The Labute approximate surface area is 143 Å². The van der Waals surface area contributed by atoms with Crippen molar-refractivity contribution in [1.29, 1.82) is 0 Å². The number of amides is 1. The molecule has 1 aromatic carbocycles. The molecule has 1 aliphatic carbocycles. The van der Waals surface area contributed by atoms with Gasteiger partial charge in [0.25, 0.3) is 0 Å². The largest absolute Gasteiger partial charge is 0.394 e. The first-order valence-corrected chi connectivity index (χ1v) is 9.08. The predicted octanol–water partition coefficient (Wildman–Crippen LogP) is 2.77. The van der Waals surface area contributed by atoms with E-state index in [9.17, 15) is 14.3 Å². The Kier molecular flexibility index (Phi) is 5.51. The molecule has 24 heavy (non-hydrogen) atoms. The molecule has 1 amide bonds. The summed E-state index contributed by atoms with van der Waals surface area (Å²) in [6.45, 7) is 1.77. The van der Waals surface area contributed by atoms with Crippen molar-refractivity contribution < 1.29 is 14.3 Å². The van der Waals surface area contributed by atoms with Crippen LogP contribution in [0.25, 0.3) is 0 Å². The summed E-state index contributed by atoms with van der Waals surface area (Å²) in [6, 6.07) is 5.49. The number of carbonyl (C=O) groups excluding carboxylic acids is 1. The zero-order valence-corrected chi connectivity index (χ0v) is 14.1. The number of nitrogens with one attached hydrogen (secondary N) is 1. The van der Waals surface area contributed by atoms with E-state index in [0.717, 1.165) is 57.2 Å². The molecule has 2 aliphatic rings. The fourth-order valence-electron chi connectivity index (χ4n) is 4.19. The van der Waals surface area contributed by atoms with Crippen LogP contribution >= 0.6 is 0 Å². The standard InChI is InChI=1S/C19H27FN2O2/c20-16-8-6-15(7-9-16)17(14-23)21-18(24)19(10-2-1-3-11-19)22-12-4-5-13-22/h6-9,17,23H,1-5,10-14H2,(H,21,24). The van der Waals surface area contributed by atoms with E-state index in [2.05, 4.69) is 10.2 Å². The summed E-state index contributed by atoms with van der Waals surface area (Å²) in [4.78, 5) is 15.5. The van der Waals surface area contributed by atoms with E-state index in [1.807, 2.05) is 0 Å². The van der Waals surface area contributed by atoms with Gasteiger partial charge in [-0.2, -0.15) is 0 Å². The number of hydrogen-bond acceptors (Lipinski definition) is 3. The maximum atomic E-state index is 13.2. The highest BCUT2D eigenvalue weighted by atomic mass is 19.1. The van der Waals surface area contributed by atoms with Gasteiger partial charge in [-0.1, -0.05) is 31.4 Å². The number of likely N-dealkylation sites (tertiary alicyclic amines) is 1. The van der Waals surface area contributed by atoms with Gasteiger partial charge in [-0.3, -0.25) is 9.69 Å². The lowest BCUT2D eigenvalue weighted by Gasteiger charge is -2.43. The summed E-state index contributed by atoms with van der Waals surface area (Å²) in [5.74, 6) is -0.296. The lowest BCUT2D eigenvalue weighted by atomic mass is 9.79. The molecule has 4 nitrogen and oxygen atoms in total. The number of halogens is 1. The van der Waals surface area contributed by atoms with Gasteiger partial charge >= 0.3 is 0 Å². The van der Waals surface area contributed by atoms with Crippen molar-refractivity contribution in [3.63, 3.8) is 0 Å². The summed E-state index contributed by atoms with van der Waals surface area (Å²) >= 11 is 0. The Hall–Kier alpha value is -1.46. The third-order valence-corrected chi connectivity index (χ3v) is 5.58. The van der Waals surface area contributed by atoms with Gasteiger partial charge < -0.3 is 10.4 Å². The molecule has 5 heteroatoms. The Bertz CT molecular complexity index is 549. The normalized spacial score (nSPS) is 22.2. The van der Waals surface area contributed by atoms with E-state index in [-0.39, 0.29) is 18.3 Å². The molecule has 0 spiro atoms. The van der Waals surface area contributed by atoms with Gasteiger partial charge in [-0.25, -0.2) is 4.39 Å². The minimum Gasteiger partial charge on any atom is -0.394 e. The van der Waals surface area contributed by atoms with Crippen LogP contribution in [0.15, 0.2) is 24.3 Å². The van der Waals surface area contributed by atoms with E-state index >= 15 is 0 Å². The number of benzene rings is 1. The van der Waals surface area contributed by atoms with Crippen LogP contribution in [-0.2, 0) is 4.79 Å². The molecule has 2 fully saturated rings. The Morgan fingerprint density at radius 1 is 1.12 bits per heavy atom. The van der Waals surface area contributed by atoms with E-state index in [1.165, 1.54) is 18.6 Å². The first-order valence-electron chi connectivity index (χ1n) is 9.08. The second-order valence-corrected chi connectivity index (χ2v) is 7.05. The second kappa shape index (κ2) is 7.62. The molecule has 1 saturated heterocycles. The maximum absolute atomic E-state index is 13.2. The monoisotopic (exact) mass is 334 g/mol. The molecule has 1 aromatic rings. The first-order chi connectivity index (χ1) is 11.7. The highest BCUT2D eigenvalue weighted by Crippen LogP contribution is 2.36. The summed E-state index contributed by atoms with van der Waals surface area (Å²) in [5, 5.41) is 12.8. The van der Waals surface area contributed by atoms with Crippen LogP contribution in [0.5, 0.6) is 0 Å². The van der Waals surface area contributed by atoms with Crippen molar-refractivity contribution in [2.45, 2.75) is 56.5 Å². The summed E-state index contributed by atoms with van der Waals surface area (Å²) in [6.07, 6.45) is 7.41. The van der Waals surface area contributed by atoms with Gasteiger partial charge in [0.15, 0.2) is 0 Å². The summed E-state index contributed by atoms with van der Waals surface area (Å²) in [5.41, 5.74) is 0.307. The van der Waals surface area contributed by atoms with Crippen LogP contribution in [0, 0.1) is 5.82 Å². The molecule has 1 saturated carbocycles. The Balaban J connectivity index is 1.77. The zero-order chi connectivity index (χ0) is 17.0. The van der Waals surface area contributed by atoms with Gasteiger partial charge in [-0.15, -0.1) is 0 Å². The Morgan fingerprint density at radius 2 is 1.75 bits per heavy atom. The molecule has 2 N–H and O–H groups in total. The number of nitrogens with zero attached hydrogens (tertiary/aromatic N) is 1. The number of aliphatic hydroxyl groups excluding tert-OH is 1. The third kappa shape index (κ3) is 3.47. The minimum atomic E-state index is -0.487. The van der Waals surface area contributed by atoms with E-state index in [0.29, 0.717) is 0 Å². The lowest BCUT2D eigenvalue weighted by molar-refractivity contribution is -0.136. The van der Waals surface area contributed by atoms with Gasteiger partial charge in [0.05, 0.1) is 12.6 Å². The van der Waals surface area contributed by atoms with Gasteiger partial charge in [0.2, 0.25) is 5.91 Å². The fourth-order valence-corrected chi connectivity index (χ4v) is 4.19. The Morgan fingerprint density at radius 3 is 2.33 bits per heavy atom. The second-order valence-electron chi connectivity index (χ2n) is 7.05.